The molecule has 1 aromatic carbocycles. The first-order chi connectivity index (χ1) is 11.4. The molecule has 0 aliphatic carbocycles. The topological polar surface area (TPSA) is 31.2 Å². The fourth-order valence-corrected chi connectivity index (χ4v) is 4.70. The van der Waals surface area contributed by atoms with E-state index in [9.17, 15) is 4.79 Å². The molecule has 0 aliphatic heterocycles. The summed E-state index contributed by atoms with van der Waals surface area (Å²) in [6, 6.07) is 7.85. The zero-order valence-electron chi connectivity index (χ0n) is 14.2. The minimum Gasteiger partial charge on any atom is -0.497 e. The maximum atomic E-state index is 13.0. The minimum absolute atomic E-state index is 0.0738. The van der Waals surface area contributed by atoms with Crippen LogP contribution in [0.3, 0.4) is 0 Å². The Morgan fingerprint density at radius 1 is 1.25 bits per heavy atom. The minimum atomic E-state index is 0.0738. The number of methoxy groups -OCH3 is 1. The van der Waals surface area contributed by atoms with Gasteiger partial charge in [0.15, 0.2) is 0 Å². The Hall–Kier alpha value is -1.59. The van der Waals surface area contributed by atoms with Gasteiger partial charge < -0.3 is 9.30 Å². The largest absolute Gasteiger partial charge is 0.497 e. The van der Waals surface area contributed by atoms with E-state index in [1.165, 1.54) is 5.56 Å². The molecule has 0 spiro atoms. The van der Waals surface area contributed by atoms with E-state index in [1.54, 1.807) is 18.4 Å². The molecule has 2 aromatic heterocycles. The van der Waals surface area contributed by atoms with Crippen molar-refractivity contribution in [2.75, 3.05) is 7.11 Å². The van der Waals surface area contributed by atoms with E-state index < -0.39 is 0 Å². The zero-order chi connectivity index (χ0) is 17.4. The molecule has 0 atom stereocenters. The van der Waals surface area contributed by atoms with Crippen LogP contribution in [0, 0.1) is 6.92 Å². The molecule has 0 aliphatic rings. The first-order valence-electron chi connectivity index (χ1n) is 7.87. The second-order valence-corrected chi connectivity index (χ2v) is 8.56. The molecule has 0 saturated heterocycles. The molecule has 0 saturated carbocycles. The number of hydrogen-bond donors (Lipinski definition) is 0. The van der Waals surface area contributed by atoms with Gasteiger partial charge >= 0.3 is 0 Å². The Morgan fingerprint density at radius 3 is 2.50 bits per heavy atom. The number of benzene rings is 1. The van der Waals surface area contributed by atoms with Gasteiger partial charge in [-0.1, -0.05) is 26.0 Å². The lowest BCUT2D eigenvalue weighted by atomic mass is 10.0. The Bertz CT molecular complexity index is 939. The molecule has 0 unspecified atom stereocenters. The van der Waals surface area contributed by atoms with E-state index in [1.807, 2.05) is 42.0 Å². The normalized spacial score (nSPS) is 11.4. The van der Waals surface area contributed by atoms with E-state index in [2.05, 4.69) is 29.8 Å². The molecule has 0 amide bonds. The molecule has 3 nitrogen and oxygen atoms in total. The number of rotatable bonds is 4. The molecule has 24 heavy (non-hydrogen) atoms. The summed E-state index contributed by atoms with van der Waals surface area (Å²) in [7, 11) is 1.65. The number of ether oxygens (including phenoxy) is 1. The summed E-state index contributed by atoms with van der Waals surface area (Å²) in [6.45, 7) is 6.90. The van der Waals surface area contributed by atoms with Crippen molar-refractivity contribution in [2.24, 2.45) is 0 Å². The number of fused-ring (bicyclic) bond motifs is 1. The Balaban J connectivity index is 2.15. The van der Waals surface area contributed by atoms with Gasteiger partial charge in [0, 0.05) is 10.9 Å². The van der Waals surface area contributed by atoms with Crippen molar-refractivity contribution in [1.82, 2.24) is 4.57 Å². The van der Waals surface area contributed by atoms with Gasteiger partial charge in [-0.3, -0.25) is 4.79 Å². The van der Waals surface area contributed by atoms with Crippen molar-refractivity contribution in [3.05, 3.63) is 61.3 Å². The predicted molar refractivity (Wildman–Crippen MR) is 105 cm³/mol. The van der Waals surface area contributed by atoms with Crippen molar-refractivity contribution in [3.63, 3.8) is 0 Å². The van der Waals surface area contributed by atoms with Crippen LogP contribution in [-0.4, -0.2) is 11.7 Å². The highest BCUT2D eigenvalue weighted by Gasteiger charge is 2.17. The lowest BCUT2D eigenvalue weighted by Gasteiger charge is -2.13. The van der Waals surface area contributed by atoms with E-state index in [4.69, 9.17) is 4.74 Å². The number of pyridine rings is 1. The van der Waals surface area contributed by atoms with Gasteiger partial charge in [0.1, 0.15) is 5.75 Å². The molecule has 3 aromatic rings. The zero-order valence-corrected chi connectivity index (χ0v) is 16.6. The first kappa shape index (κ1) is 17.2. The molecular formula is C19H20BrNO2S. The summed E-state index contributed by atoms with van der Waals surface area (Å²) >= 11 is 5.24. The first-order valence-corrected chi connectivity index (χ1v) is 9.48. The van der Waals surface area contributed by atoms with Gasteiger partial charge in [-0.15, -0.1) is 11.3 Å². The third-order valence-electron chi connectivity index (χ3n) is 4.25. The molecule has 0 radical (unpaired) electrons. The highest BCUT2D eigenvalue weighted by molar-refractivity contribution is 9.11. The standard InChI is InChI=1S/C19H20BrNO2S/c1-11(2)15-10-21(9-13-5-7-14(23-4)8-6-13)19(22)16-12(3)18(20)24-17(15)16/h5-8,10-11H,9H2,1-4H3. The van der Waals surface area contributed by atoms with Crippen LogP contribution in [0.25, 0.3) is 10.1 Å². The summed E-state index contributed by atoms with van der Waals surface area (Å²) in [5.41, 5.74) is 3.41. The van der Waals surface area contributed by atoms with E-state index in [0.29, 0.717) is 12.5 Å². The summed E-state index contributed by atoms with van der Waals surface area (Å²) < 4.78 is 9.17. The van der Waals surface area contributed by atoms with Crippen LogP contribution < -0.4 is 10.3 Å². The second kappa shape index (κ2) is 6.73. The van der Waals surface area contributed by atoms with Crippen molar-refractivity contribution >= 4 is 37.4 Å². The van der Waals surface area contributed by atoms with Gasteiger partial charge in [0.25, 0.3) is 5.56 Å². The van der Waals surface area contributed by atoms with Crippen LogP contribution >= 0.6 is 27.3 Å². The van der Waals surface area contributed by atoms with Gasteiger partial charge in [-0.2, -0.15) is 0 Å². The van der Waals surface area contributed by atoms with Gasteiger partial charge in [0.05, 0.1) is 22.8 Å². The molecule has 0 N–H and O–H groups in total. The van der Waals surface area contributed by atoms with Gasteiger partial charge in [0.2, 0.25) is 0 Å². The summed E-state index contributed by atoms with van der Waals surface area (Å²) in [6.07, 6.45) is 2.02. The van der Waals surface area contributed by atoms with Crippen molar-refractivity contribution in [1.29, 1.82) is 0 Å². The van der Waals surface area contributed by atoms with Gasteiger partial charge in [-0.25, -0.2) is 0 Å². The Labute approximate surface area is 154 Å². The number of thiophene rings is 1. The van der Waals surface area contributed by atoms with Crippen LogP contribution in [-0.2, 0) is 6.54 Å². The van der Waals surface area contributed by atoms with E-state index in [-0.39, 0.29) is 5.56 Å². The average Bonchev–Trinajstić information content (AvgIpc) is 2.86. The van der Waals surface area contributed by atoms with E-state index in [0.717, 1.165) is 30.7 Å². The maximum Gasteiger partial charge on any atom is 0.259 e. The quantitative estimate of drug-likeness (QED) is 0.588. The van der Waals surface area contributed by atoms with Crippen LogP contribution in [0.5, 0.6) is 5.75 Å². The lowest BCUT2D eigenvalue weighted by Crippen LogP contribution is -2.21. The fraction of sp³-hybridized carbons (Fsp3) is 0.316. The molecule has 3 rings (SSSR count). The molecule has 126 valence electrons. The SMILES string of the molecule is COc1ccc(Cn2cc(C(C)C)c3sc(Br)c(C)c3c2=O)cc1. The number of nitrogens with zero attached hydrogens (tertiary/aromatic N) is 1. The fourth-order valence-electron chi connectivity index (χ4n) is 2.83. The van der Waals surface area contributed by atoms with Crippen LogP contribution in [0.2, 0.25) is 0 Å². The van der Waals surface area contributed by atoms with Crippen molar-refractivity contribution < 1.29 is 4.74 Å². The van der Waals surface area contributed by atoms with Crippen molar-refractivity contribution in [2.45, 2.75) is 33.2 Å². The summed E-state index contributed by atoms with van der Waals surface area (Å²) in [4.78, 5) is 13.0. The van der Waals surface area contributed by atoms with Crippen molar-refractivity contribution in [3.8, 4) is 5.75 Å². The predicted octanol–water partition coefficient (Wildman–Crippen LogP) is 5.31. The number of hydrogen-bond acceptors (Lipinski definition) is 3. The smallest absolute Gasteiger partial charge is 0.259 e. The third-order valence-corrected chi connectivity index (χ3v) is 6.46. The monoisotopic (exact) mass is 405 g/mol. The molecule has 5 heteroatoms. The number of aromatic nitrogens is 1. The van der Waals surface area contributed by atoms with Crippen LogP contribution in [0.15, 0.2) is 39.0 Å². The Morgan fingerprint density at radius 2 is 1.92 bits per heavy atom. The molecule has 2 heterocycles. The number of halogens is 1. The van der Waals surface area contributed by atoms with Crippen LogP contribution in [0.4, 0.5) is 0 Å². The maximum absolute atomic E-state index is 13.0. The number of aryl methyl sites for hydroxylation is 1. The highest BCUT2D eigenvalue weighted by Crippen LogP contribution is 2.37. The molecular weight excluding hydrogens is 386 g/mol. The third kappa shape index (κ3) is 3.03. The summed E-state index contributed by atoms with van der Waals surface area (Å²) in [5, 5.41) is 0.839. The molecule has 0 fully saturated rings. The second-order valence-electron chi connectivity index (χ2n) is 6.23. The molecule has 0 bridgehead atoms. The van der Waals surface area contributed by atoms with E-state index >= 15 is 0 Å². The van der Waals surface area contributed by atoms with Crippen LogP contribution in [0.1, 0.15) is 36.5 Å². The van der Waals surface area contributed by atoms with Gasteiger partial charge in [-0.05, 0) is 57.6 Å². The Kier molecular flexibility index (Phi) is 4.83. The summed E-state index contributed by atoms with van der Waals surface area (Å²) in [5.74, 6) is 1.18. The lowest BCUT2D eigenvalue weighted by molar-refractivity contribution is 0.414. The average molecular weight is 406 g/mol. The highest BCUT2D eigenvalue weighted by atomic mass is 79.9.